The molecule has 32 heavy (non-hydrogen) atoms. The lowest BCUT2D eigenvalue weighted by Crippen LogP contribution is -2.39. The minimum Gasteiger partial charge on any atom is -0.380 e. The van der Waals surface area contributed by atoms with Crippen molar-refractivity contribution in [2.75, 3.05) is 32.6 Å². The second-order valence-corrected chi connectivity index (χ2v) is 8.24. The number of benzene rings is 1. The molecule has 2 aromatic heterocycles. The predicted molar refractivity (Wildman–Crippen MR) is 124 cm³/mol. The first-order valence-electron chi connectivity index (χ1n) is 10.9. The van der Waals surface area contributed by atoms with E-state index in [1.165, 1.54) is 0 Å². The number of hydrogen-bond acceptors (Lipinski definition) is 6. The molecule has 1 atom stereocenters. The minimum absolute atomic E-state index is 0.0318. The highest BCUT2D eigenvalue weighted by atomic mass is 16.5. The van der Waals surface area contributed by atoms with Crippen molar-refractivity contribution in [1.29, 1.82) is 0 Å². The number of amides is 1. The van der Waals surface area contributed by atoms with Crippen molar-refractivity contribution in [3.63, 3.8) is 0 Å². The van der Waals surface area contributed by atoms with Gasteiger partial charge < -0.3 is 14.5 Å². The van der Waals surface area contributed by atoms with Crippen LogP contribution in [0, 0.1) is 0 Å². The Kier molecular flexibility index (Phi) is 6.75. The summed E-state index contributed by atoms with van der Waals surface area (Å²) in [5.41, 5.74) is 4.56. The van der Waals surface area contributed by atoms with Crippen molar-refractivity contribution in [1.82, 2.24) is 19.9 Å². The van der Waals surface area contributed by atoms with E-state index in [2.05, 4.69) is 9.97 Å². The lowest BCUT2D eigenvalue weighted by atomic mass is 9.93. The van der Waals surface area contributed by atoms with Gasteiger partial charge in [0, 0.05) is 57.5 Å². The molecular formula is C25H29N5O2. The average molecular weight is 432 g/mol. The molecule has 0 N–H and O–H groups in total. The summed E-state index contributed by atoms with van der Waals surface area (Å²) in [7, 11) is 5.52. The predicted octanol–water partition coefficient (Wildman–Crippen LogP) is 4.12. The fourth-order valence-electron chi connectivity index (χ4n) is 4.14. The van der Waals surface area contributed by atoms with Crippen LogP contribution in [0.25, 0.3) is 11.1 Å². The molecule has 4 rings (SSSR count). The van der Waals surface area contributed by atoms with E-state index in [1.54, 1.807) is 19.5 Å². The summed E-state index contributed by atoms with van der Waals surface area (Å²) < 4.78 is 5.19. The number of pyridine rings is 1. The van der Waals surface area contributed by atoms with Gasteiger partial charge in [0.05, 0.1) is 18.3 Å². The number of carbonyl (C=O) groups excluding carboxylic acids is 1. The fraction of sp³-hybridized carbons (Fsp3) is 0.360. The van der Waals surface area contributed by atoms with Gasteiger partial charge >= 0.3 is 0 Å². The molecule has 3 heterocycles. The third kappa shape index (κ3) is 4.62. The molecule has 7 nitrogen and oxygen atoms in total. The van der Waals surface area contributed by atoms with Crippen LogP contribution < -0.4 is 4.90 Å². The highest BCUT2D eigenvalue weighted by molar-refractivity contribution is 5.94. The number of ether oxygens (including phenoxy) is 1. The van der Waals surface area contributed by atoms with E-state index in [0.717, 1.165) is 41.6 Å². The maximum absolute atomic E-state index is 13.6. The number of nitrogens with zero attached hydrogens (tertiary/aromatic N) is 5. The molecule has 1 fully saturated rings. The Morgan fingerprint density at radius 2 is 1.88 bits per heavy atom. The van der Waals surface area contributed by atoms with Crippen LogP contribution in [0.3, 0.4) is 0 Å². The van der Waals surface area contributed by atoms with Gasteiger partial charge in [0.1, 0.15) is 0 Å². The van der Waals surface area contributed by atoms with Crippen molar-refractivity contribution in [3.8, 4) is 11.1 Å². The van der Waals surface area contributed by atoms with Crippen LogP contribution in [0.5, 0.6) is 0 Å². The lowest BCUT2D eigenvalue weighted by Gasteiger charge is -2.36. The largest absolute Gasteiger partial charge is 0.380 e. The zero-order valence-corrected chi connectivity index (χ0v) is 18.9. The Balaban J connectivity index is 1.73. The van der Waals surface area contributed by atoms with Gasteiger partial charge in [-0.3, -0.25) is 9.78 Å². The third-order valence-electron chi connectivity index (χ3n) is 5.79. The molecular weight excluding hydrogens is 402 g/mol. The zero-order valence-electron chi connectivity index (χ0n) is 18.9. The van der Waals surface area contributed by atoms with Crippen LogP contribution in [0.4, 0.5) is 5.95 Å². The Hall–Kier alpha value is -3.32. The first-order valence-corrected chi connectivity index (χ1v) is 10.9. The van der Waals surface area contributed by atoms with Gasteiger partial charge in [0.2, 0.25) is 5.95 Å². The van der Waals surface area contributed by atoms with Crippen molar-refractivity contribution in [2.24, 2.45) is 0 Å². The van der Waals surface area contributed by atoms with Gasteiger partial charge in [-0.25, -0.2) is 9.97 Å². The van der Waals surface area contributed by atoms with Crippen LogP contribution in [-0.2, 0) is 11.3 Å². The van der Waals surface area contributed by atoms with Crippen LogP contribution >= 0.6 is 0 Å². The summed E-state index contributed by atoms with van der Waals surface area (Å²) in [6, 6.07) is 11.5. The normalized spacial score (nSPS) is 16.1. The summed E-state index contributed by atoms with van der Waals surface area (Å²) in [6.45, 7) is 1.24. The van der Waals surface area contributed by atoms with E-state index < -0.39 is 0 Å². The first-order chi connectivity index (χ1) is 15.6. The number of methoxy groups -OCH3 is 1. The Morgan fingerprint density at radius 3 is 2.56 bits per heavy atom. The molecule has 1 aromatic carbocycles. The summed E-state index contributed by atoms with van der Waals surface area (Å²) in [6.07, 6.45) is 8.31. The zero-order chi connectivity index (χ0) is 22.5. The summed E-state index contributed by atoms with van der Waals surface area (Å²) >= 11 is 0. The van der Waals surface area contributed by atoms with Crippen LogP contribution in [0.2, 0.25) is 0 Å². The number of likely N-dealkylation sites (tertiary alicyclic amines) is 1. The molecule has 0 radical (unpaired) electrons. The van der Waals surface area contributed by atoms with E-state index in [4.69, 9.17) is 9.72 Å². The van der Waals surface area contributed by atoms with Crippen molar-refractivity contribution in [3.05, 3.63) is 71.8 Å². The molecule has 0 aliphatic carbocycles. The molecule has 7 heteroatoms. The number of carbonyl (C=O) groups is 1. The van der Waals surface area contributed by atoms with Crippen LogP contribution in [-0.4, -0.2) is 53.5 Å². The molecule has 0 spiro atoms. The molecule has 0 saturated carbocycles. The number of hydrogen-bond donors (Lipinski definition) is 0. The molecule has 0 unspecified atom stereocenters. The van der Waals surface area contributed by atoms with E-state index in [0.29, 0.717) is 24.7 Å². The Labute approximate surface area is 189 Å². The number of anilines is 1. The monoisotopic (exact) mass is 431 g/mol. The highest BCUT2D eigenvalue weighted by Crippen LogP contribution is 2.37. The average Bonchev–Trinajstić information content (AvgIpc) is 2.84. The Bertz CT molecular complexity index is 1050. The second-order valence-electron chi connectivity index (χ2n) is 8.24. The van der Waals surface area contributed by atoms with Crippen molar-refractivity contribution >= 4 is 11.9 Å². The molecule has 0 bridgehead atoms. The molecule has 166 valence electrons. The maximum Gasteiger partial charge on any atom is 0.254 e. The van der Waals surface area contributed by atoms with E-state index in [1.807, 2.05) is 66.5 Å². The molecule has 1 saturated heterocycles. The molecule has 1 aliphatic heterocycles. The van der Waals surface area contributed by atoms with Crippen LogP contribution in [0.1, 0.15) is 46.9 Å². The van der Waals surface area contributed by atoms with Gasteiger partial charge in [-0.15, -0.1) is 0 Å². The first kappa shape index (κ1) is 21.9. The lowest BCUT2D eigenvalue weighted by molar-refractivity contribution is 0.0606. The van der Waals surface area contributed by atoms with Gasteiger partial charge in [-0.05, 0) is 54.7 Å². The maximum atomic E-state index is 13.6. The standard InChI is InChI=1S/C25H29N5O2/c1-29(2)25-27-16-21(19-11-13-26-14-12-19)23(28-25)22-6-4-5-15-30(22)24(31)20-9-7-18(8-10-20)17-32-3/h7-14,16,22H,4-6,15,17H2,1-3H3/t22-/m0/s1. The summed E-state index contributed by atoms with van der Waals surface area (Å²) in [5, 5.41) is 0. The molecule has 1 aliphatic rings. The van der Waals surface area contributed by atoms with Gasteiger partial charge in [0.25, 0.3) is 5.91 Å². The Morgan fingerprint density at radius 1 is 1.12 bits per heavy atom. The molecule has 3 aromatic rings. The summed E-state index contributed by atoms with van der Waals surface area (Å²) in [5.74, 6) is 0.670. The van der Waals surface area contributed by atoms with Crippen molar-refractivity contribution < 1.29 is 9.53 Å². The topological polar surface area (TPSA) is 71.5 Å². The van der Waals surface area contributed by atoms with E-state index in [-0.39, 0.29) is 11.9 Å². The van der Waals surface area contributed by atoms with Gasteiger partial charge in [-0.2, -0.15) is 0 Å². The SMILES string of the molecule is COCc1ccc(C(=O)N2CCCC[C@H]2c2nc(N(C)C)ncc2-c2ccncc2)cc1. The molecule has 1 amide bonds. The number of piperidine rings is 1. The van der Waals surface area contributed by atoms with E-state index >= 15 is 0 Å². The van der Waals surface area contributed by atoms with E-state index in [9.17, 15) is 4.79 Å². The van der Waals surface area contributed by atoms with Crippen LogP contribution in [0.15, 0.2) is 55.0 Å². The fourth-order valence-corrected chi connectivity index (χ4v) is 4.14. The van der Waals surface area contributed by atoms with Crippen molar-refractivity contribution in [2.45, 2.75) is 31.9 Å². The highest BCUT2D eigenvalue weighted by Gasteiger charge is 2.32. The van der Waals surface area contributed by atoms with Gasteiger partial charge in [0.15, 0.2) is 0 Å². The smallest absolute Gasteiger partial charge is 0.254 e. The number of rotatable bonds is 6. The quantitative estimate of drug-likeness (QED) is 0.585. The second kappa shape index (κ2) is 9.87. The minimum atomic E-state index is -0.111. The van der Waals surface area contributed by atoms with Gasteiger partial charge in [-0.1, -0.05) is 12.1 Å². The summed E-state index contributed by atoms with van der Waals surface area (Å²) in [4.78, 5) is 31.0. The number of aromatic nitrogens is 3. The third-order valence-corrected chi connectivity index (χ3v) is 5.79.